The van der Waals surface area contributed by atoms with E-state index in [1.165, 1.54) is 11.3 Å². The largest absolute Gasteiger partial charge is 0.454 e. The number of fused-ring (bicyclic) bond motifs is 1. The van der Waals surface area contributed by atoms with E-state index in [1.54, 1.807) is 23.0 Å². The molecule has 0 atom stereocenters. The van der Waals surface area contributed by atoms with E-state index in [4.69, 9.17) is 32.7 Å². The average molecular weight is 446 g/mol. The van der Waals surface area contributed by atoms with E-state index >= 15 is 0 Å². The van der Waals surface area contributed by atoms with Gasteiger partial charge in [0.25, 0.3) is 0 Å². The molecule has 0 spiro atoms. The number of halogens is 2. The number of hydrogen-bond acceptors (Lipinski definition) is 5. The third-order valence-corrected chi connectivity index (χ3v) is 5.50. The maximum absolute atomic E-state index is 6.43. The molecule has 3 aromatic rings. The number of aromatic nitrogens is 1. The number of thiazole rings is 1. The van der Waals surface area contributed by atoms with Gasteiger partial charge in [0.05, 0.1) is 23.5 Å². The summed E-state index contributed by atoms with van der Waals surface area (Å²) < 4.78 is 12.6. The van der Waals surface area contributed by atoms with Crippen LogP contribution in [-0.2, 0) is 0 Å². The van der Waals surface area contributed by atoms with E-state index in [-0.39, 0.29) is 6.79 Å². The Balaban J connectivity index is 1.78. The summed E-state index contributed by atoms with van der Waals surface area (Å²) in [6.07, 6.45) is 1.75. The van der Waals surface area contributed by atoms with Crippen molar-refractivity contribution < 1.29 is 9.47 Å². The molecule has 4 rings (SSSR count). The van der Waals surface area contributed by atoms with Crippen LogP contribution in [0.2, 0.25) is 10.0 Å². The molecule has 29 heavy (non-hydrogen) atoms. The highest BCUT2D eigenvalue weighted by molar-refractivity contribution is 7.07. The molecule has 0 N–H and O–H groups in total. The van der Waals surface area contributed by atoms with Crippen LogP contribution in [0.3, 0.4) is 0 Å². The fourth-order valence-electron chi connectivity index (χ4n) is 2.72. The Kier molecular flexibility index (Phi) is 5.76. The molecule has 1 aliphatic rings. The monoisotopic (exact) mass is 445 g/mol. The van der Waals surface area contributed by atoms with E-state index in [0.717, 1.165) is 32.9 Å². The number of ether oxygens (including phenoxy) is 2. The molecule has 0 amide bonds. The third-order valence-electron chi connectivity index (χ3n) is 4.10. The van der Waals surface area contributed by atoms with Crippen LogP contribution in [-0.4, -0.2) is 24.2 Å². The summed E-state index contributed by atoms with van der Waals surface area (Å²) >= 11 is 14.0. The number of benzene rings is 2. The van der Waals surface area contributed by atoms with Crippen LogP contribution in [0.15, 0.2) is 64.0 Å². The Hall–Kier alpha value is -2.54. The van der Waals surface area contributed by atoms with Crippen LogP contribution >= 0.6 is 34.5 Å². The molecule has 0 saturated carbocycles. The molecule has 8 heteroatoms. The van der Waals surface area contributed by atoms with Gasteiger partial charge >= 0.3 is 0 Å². The molecule has 5 nitrogen and oxygen atoms in total. The van der Waals surface area contributed by atoms with Gasteiger partial charge in [0.1, 0.15) is 0 Å². The summed E-state index contributed by atoms with van der Waals surface area (Å²) in [5.74, 6) is 1.44. The lowest BCUT2D eigenvalue weighted by Gasteiger charge is -2.06. The lowest BCUT2D eigenvalue weighted by Crippen LogP contribution is -2.13. The van der Waals surface area contributed by atoms with Gasteiger partial charge in [-0.15, -0.1) is 11.3 Å². The van der Waals surface area contributed by atoms with Crippen molar-refractivity contribution in [3.05, 3.63) is 74.3 Å². The Morgan fingerprint density at radius 1 is 1.21 bits per heavy atom. The first-order valence-corrected chi connectivity index (χ1v) is 10.4. The van der Waals surface area contributed by atoms with Crippen molar-refractivity contribution in [2.45, 2.75) is 6.92 Å². The maximum Gasteiger partial charge on any atom is 0.231 e. The Bertz CT molecular complexity index is 1180. The molecule has 0 unspecified atom stereocenters. The lowest BCUT2D eigenvalue weighted by molar-refractivity contribution is 0.174. The second kappa shape index (κ2) is 8.45. The second-order valence-electron chi connectivity index (χ2n) is 6.47. The summed E-state index contributed by atoms with van der Waals surface area (Å²) in [6.45, 7) is 6.61. The first-order chi connectivity index (χ1) is 14.0. The summed E-state index contributed by atoms with van der Waals surface area (Å²) in [6, 6.07) is 11.1. The Morgan fingerprint density at radius 3 is 2.83 bits per heavy atom. The van der Waals surface area contributed by atoms with Crippen molar-refractivity contribution >= 4 is 40.8 Å². The fraction of sp³-hybridized carbons (Fsp3) is 0.143. The van der Waals surface area contributed by atoms with Crippen molar-refractivity contribution in [2.75, 3.05) is 13.3 Å². The summed E-state index contributed by atoms with van der Waals surface area (Å²) in [7, 11) is 0. The van der Waals surface area contributed by atoms with Crippen molar-refractivity contribution in [2.24, 2.45) is 10.1 Å². The van der Waals surface area contributed by atoms with Crippen molar-refractivity contribution in [1.29, 1.82) is 0 Å². The van der Waals surface area contributed by atoms with Crippen LogP contribution < -0.4 is 14.3 Å². The minimum absolute atomic E-state index is 0.234. The average Bonchev–Trinajstić information content (AvgIpc) is 3.31. The molecular formula is C21H17Cl2N3O2S. The summed E-state index contributed by atoms with van der Waals surface area (Å²) in [5.41, 5.74) is 3.50. The van der Waals surface area contributed by atoms with Gasteiger partial charge in [-0.25, -0.2) is 4.68 Å². The van der Waals surface area contributed by atoms with Crippen LogP contribution in [0.4, 0.5) is 0 Å². The summed E-state index contributed by atoms with van der Waals surface area (Å²) in [4.78, 5) is 5.37. The zero-order valence-electron chi connectivity index (χ0n) is 15.6. The van der Waals surface area contributed by atoms with E-state index < -0.39 is 0 Å². The topological polar surface area (TPSA) is 48.1 Å². The number of nitrogens with zero attached hydrogens (tertiary/aromatic N) is 3. The van der Waals surface area contributed by atoms with E-state index in [1.807, 2.05) is 36.6 Å². The van der Waals surface area contributed by atoms with Crippen LogP contribution in [0.25, 0.3) is 11.3 Å². The van der Waals surface area contributed by atoms with Gasteiger partial charge in [-0.05, 0) is 48.9 Å². The zero-order chi connectivity index (χ0) is 20.4. The molecule has 1 aliphatic heterocycles. The molecule has 148 valence electrons. The van der Waals surface area contributed by atoms with Gasteiger partial charge in [0.2, 0.25) is 11.6 Å². The minimum atomic E-state index is 0.234. The van der Waals surface area contributed by atoms with Crippen LogP contribution in [0.5, 0.6) is 11.5 Å². The van der Waals surface area contributed by atoms with Gasteiger partial charge < -0.3 is 9.47 Å². The predicted octanol–water partition coefficient (Wildman–Crippen LogP) is 5.61. The van der Waals surface area contributed by atoms with E-state index in [9.17, 15) is 0 Å². The normalized spacial score (nSPS) is 13.4. The third kappa shape index (κ3) is 4.40. The first-order valence-electron chi connectivity index (χ1n) is 8.76. The SMILES string of the molecule is C=C(C)CN=c1scc(-c2ccc(Cl)cc2Cl)n1N=Cc1ccc2c(c1)OCO2. The smallest absolute Gasteiger partial charge is 0.231 e. The van der Waals surface area contributed by atoms with E-state index in [2.05, 4.69) is 16.7 Å². The van der Waals surface area contributed by atoms with Gasteiger partial charge in [0.15, 0.2) is 11.5 Å². The van der Waals surface area contributed by atoms with Crippen LogP contribution in [0, 0.1) is 0 Å². The second-order valence-corrected chi connectivity index (χ2v) is 8.15. The highest BCUT2D eigenvalue weighted by Crippen LogP contribution is 2.33. The molecule has 2 heterocycles. The number of hydrogen-bond donors (Lipinski definition) is 0. The van der Waals surface area contributed by atoms with Gasteiger partial charge in [-0.2, -0.15) is 5.10 Å². The van der Waals surface area contributed by atoms with Gasteiger partial charge in [-0.3, -0.25) is 4.99 Å². The highest BCUT2D eigenvalue weighted by Gasteiger charge is 2.14. The molecule has 0 radical (unpaired) electrons. The minimum Gasteiger partial charge on any atom is -0.454 e. The fourth-order valence-corrected chi connectivity index (χ4v) is 4.06. The Morgan fingerprint density at radius 2 is 2.03 bits per heavy atom. The summed E-state index contributed by atoms with van der Waals surface area (Å²) in [5, 5.41) is 7.78. The molecule has 0 aliphatic carbocycles. The Labute approximate surface area is 182 Å². The molecule has 0 saturated heterocycles. The predicted molar refractivity (Wildman–Crippen MR) is 119 cm³/mol. The highest BCUT2D eigenvalue weighted by atomic mass is 35.5. The maximum atomic E-state index is 6.43. The molecule has 2 aromatic carbocycles. The molecule has 0 fully saturated rings. The number of rotatable bonds is 5. The first kappa shape index (κ1) is 19.8. The van der Waals surface area contributed by atoms with Gasteiger partial charge in [0, 0.05) is 16.0 Å². The standard InChI is InChI=1S/C21H17Cl2N3O2S/c1-13(2)9-24-21-26(18(11-29-21)16-5-4-15(22)8-17(16)23)25-10-14-3-6-19-20(7-14)28-12-27-19/h3-8,10-11H,1,9,12H2,2H3. The van der Waals surface area contributed by atoms with Crippen molar-refractivity contribution in [3.63, 3.8) is 0 Å². The van der Waals surface area contributed by atoms with Crippen molar-refractivity contribution in [1.82, 2.24) is 4.68 Å². The lowest BCUT2D eigenvalue weighted by atomic mass is 10.2. The molecule has 0 bridgehead atoms. The van der Waals surface area contributed by atoms with Gasteiger partial charge in [-0.1, -0.05) is 35.4 Å². The zero-order valence-corrected chi connectivity index (χ0v) is 17.9. The quantitative estimate of drug-likeness (QED) is 0.378. The van der Waals surface area contributed by atoms with E-state index in [0.29, 0.717) is 22.3 Å². The molecular weight excluding hydrogens is 429 g/mol. The molecule has 1 aromatic heterocycles. The van der Waals surface area contributed by atoms with Crippen LogP contribution in [0.1, 0.15) is 12.5 Å². The van der Waals surface area contributed by atoms with Crippen molar-refractivity contribution in [3.8, 4) is 22.8 Å².